The van der Waals surface area contributed by atoms with Crippen LogP contribution in [0.3, 0.4) is 0 Å². The Bertz CT molecular complexity index is 690. The van der Waals surface area contributed by atoms with Crippen molar-refractivity contribution in [2.45, 2.75) is 37.2 Å². The van der Waals surface area contributed by atoms with Crippen LogP contribution in [0.25, 0.3) is 11.4 Å². The highest BCUT2D eigenvalue weighted by atomic mass is 35.5. The molecule has 1 heterocycles. The normalized spacial score (nSPS) is 12.2. The molecule has 1 atom stereocenters. The number of halogens is 1. The van der Waals surface area contributed by atoms with Gasteiger partial charge >= 0.3 is 0 Å². The molecule has 0 aliphatic heterocycles. The molecule has 6 nitrogen and oxygen atoms in total. The lowest BCUT2D eigenvalue weighted by molar-refractivity contribution is -0.120. The first-order chi connectivity index (χ1) is 12.1. The molecule has 1 aromatic carbocycles. The molecule has 1 N–H and O–H groups in total. The molecule has 0 spiro atoms. The number of benzene rings is 1. The fraction of sp³-hybridized carbons (Fsp3) is 0.471. The van der Waals surface area contributed by atoms with E-state index in [-0.39, 0.29) is 11.2 Å². The number of aromatic nitrogens is 3. The van der Waals surface area contributed by atoms with Gasteiger partial charge in [0.2, 0.25) is 5.91 Å². The van der Waals surface area contributed by atoms with Crippen molar-refractivity contribution in [1.82, 2.24) is 20.1 Å². The van der Waals surface area contributed by atoms with Gasteiger partial charge in [0.25, 0.3) is 0 Å². The predicted molar refractivity (Wildman–Crippen MR) is 101 cm³/mol. The maximum absolute atomic E-state index is 12.1. The summed E-state index contributed by atoms with van der Waals surface area (Å²) in [6.07, 6.45) is 0.911. The first-order valence-corrected chi connectivity index (χ1v) is 9.45. The van der Waals surface area contributed by atoms with Crippen LogP contribution in [0.4, 0.5) is 0 Å². The number of methoxy groups -OCH3 is 1. The van der Waals surface area contributed by atoms with Crippen LogP contribution in [0.1, 0.15) is 20.3 Å². The lowest BCUT2D eigenvalue weighted by atomic mass is 10.2. The van der Waals surface area contributed by atoms with Crippen molar-refractivity contribution < 1.29 is 9.53 Å². The summed E-state index contributed by atoms with van der Waals surface area (Å²) in [6, 6.07) is 7.45. The van der Waals surface area contributed by atoms with Crippen LogP contribution < -0.4 is 5.32 Å². The van der Waals surface area contributed by atoms with Gasteiger partial charge in [-0.05, 0) is 37.6 Å². The second-order valence-corrected chi connectivity index (χ2v) is 7.25. The maximum atomic E-state index is 12.1. The maximum Gasteiger partial charge on any atom is 0.233 e. The van der Waals surface area contributed by atoms with Crippen LogP contribution in [-0.2, 0) is 16.1 Å². The van der Waals surface area contributed by atoms with Crippen LogP contribution >= 0.6 is 23.4 Å². The fourth-order valence-electron chi connectivity index (χ4n) is 2.18. The third-order valence-electron chi connectivity index (χ3n) is 3.54. The highest BCUT2D eigenvalue weighted by Crippen LogP contribution is 2.27. The number of nitrogens with zero attached hydrogens (tertiary/aromatic N) is 3. The van der Waals surface area contributed by atoms with Crippen molar-refractivity contribution in [3.8, 4) is 11.4 Å². The Morgan fingerprint density at radius 3 is 2.72 bits per heavy atom. The van der Waals surface area contributed by atoms with Gasteiger partial charge in [0.1, 0.15) is 0 Å². The molecule has 25 heavy (non-hydrogen) atoms. The molecule has 1 amide bonds. The summed E-state index contributed by atoms with van der Waals surface area (Å²) in [7, 11) is 1.65. The zero-order valence-electron chi connectivity index (χ0n) is 14.7. The minimum absolute atomic E-state index is 0.00110. The zero-order valence-corrected chi connectivity index (χ0v) is 16.2. The molecule has 0 saturated carbocycles. The Morgan fingerprint density at radius 1 is 1.36 bits per heavy atom. The molecule has 0 aliphatic rings. The predicted octanol–water partition coefficient (Wildman–Crippen LogP) is 3.25. The largest absolute Gasteiger partial charge is 0.383 e. The molecule has 2 rings (SSSR count). The molecule has 0 saturated heterocycles. The number of thioether (sulfide) groups is 1. The van der Waals surface area contributed by atoms with Gasteiger partial charge in [-0.3, -0.25) is 9.36 Å². The quantitative estimate of drug-likeness (QED) is 0.674. The molecule has 1 aromatic heterocycles. The lowest BCUT2D eigenvalue weighted by Crippen LogP contribution is -2.31. The topological polar surface area (TPSA) is 69.0 Å². The number of ether oxygens (including phenoxy) is 1. The Morgan fingerprint density at radius 2 is 2.08 bits per heavy atom. The van der Waals surface area contributed by atoms with E-state index in [0.29, 0.717) is 29.9 Å². The van der Waals surface area contributed by atoms with Crippen molar-refractivity contribution in [2.24, 2.45) is 0 Å². The lowest BCUT2D eigenvalue weighted by Gasteiger charge is -2.13. The monoisotopic (exact) mass is 382 g/mol. The molecule has 0 aliphatic carbocycles. The van der Waals surface area contributed by atoms with E-state index in [9.17, 15) is 4.79 Å². The van der Waals surface area contributed by atoms with Gasteiger partial charge in [0.05, 0.1) is 18.4 Å². The molecular weight excluding hydrogens is 360 g/mol. The molecule has 0 radical (unpaired) electrons. The number of carbonyl (C=O) groups excluding carboxylic acids is 1. The van der Waals surface area contributed by atoms with E-state index in [1.165, 1.54) is 11.8 Å². The second-order valence-electron chi connectivity index (χ2n) is 5.51. The summed E-state index contributed by atoms with van der Waals surface area (Å²) in [5, 5.41) is 12.6. The van der Waals surface area contributed by atoms with Gasteiger partial charge in [-0.25, -0.2) is 0 Å². The minimum Gasteiger partial charge on any atom is -0.383 e. The standard InChI is InChI=1S/C17H23ClN4O2S/c1-4-9-19-16(23)12(2)25-17-21-20-15(22(17)10-11-24-3)13-5-7-14(18)8-6-13/h5-8,12H,4,9-11H2,1-3H3,(H,19,23)/t12-/m1/s1. The Kier molecular flexibility index (Phi) is 7.74. The number of hydrogen-bond acceptors (Lipinski definition) is 5. The van der Waals surface area contributed by atoms with E-state index in [2.05, 4.69) is 15.5 Å². The first-order valence-electron chi connectivity index (χ1n) is 8.19. The Hall–Kier alpha value is -1.57. The van der Waals surface area contributed by atoms with Gasteiger partial charge in [-0.1, -0.05) is 30.3 Å². The molecule has 0 bridgehead atoms. The van der Waals surface area contributed by atoms with E-state index < -0.39 is 0 Å². The molecule has 0 unspecified atom stereocenters. The van der Waals surface area contributed by atoms with E-state index in [4.69, 9.17) is 16.3 Å². The summed E-state index contributed by atoms with van der Waals surface area (Å²) >= 11 is 7.36. The number of carbonyl (C=O) groups is 1. The van der Waals surface area contributed by atoms with Crippen LogP contribution in [0.15, 0.2) is 29.4 Å². The third-order valence-corrected chi connectivity index (χ3v) is 4.87. The molecule has 136 valence electrons. The molecular formula is C17H23ClN4O2S. The van der Waals surface area contributed by atoms with E-state index in [1.54, 1.807) is 7.11 Å². The number of nitrogens with one attached hydrogen (secondary N) is 1. The summed E-state index contributed by atoms with van der Waals surface area (Å²) in [5.74, 6) is 0.735. The van der Waals surface area contributed by atoms with Gasteiger partial charge in [0, 0.05) is 24.2 Å². The van der Waals surface area contributed by atoms with Crippen LogP contribution in [0, 0.1) is 0 Å². The number of amides is 1. The average molecular weight is 383 g/mol. The van der Waals surface area contributed by atoms with Crippen molar-refractivity contribution in [2.75, 3.05) is 20.3 Å². The summed E-state index contributed by atoms with van der Waals surface area (Å²) < 4.78 is 7.17. The minimum atomic E-state index is -0.255. The first kappa shape index (κ1) is 19.8. The van der Waals surface area contributed by atoms with E-state index in [0.717, 1.165) is 17.8 Å². The van der Waals surface area contributed by atoms with Gasteiger partial charge in [0.15, 0.2) is 11.0 Å². The van der Waals surface area contributed by atoms with Gasteiger partial charge < -0.3 is 10.1 Å². The van der Waals surface area contributed by atoms with Crippen molar-refractivity contribution in [3.63, 3.8) is 0 Å². The summed E-state index contributed by atoms with van der Waals surface area (Å²) in [6.45, 7) is 5.71. The highest BCUT2D eigenvalue weighted by Gasteiger charge is 2.20. The fourth-order valence-corrected chi connectivity index (χ4v) is 3.20. The average Bonchev–Trinajstić information content (AvgIpc) is 3.00. The van der Waals surface area contributed by atoms with E-state index in [1.807, 2.05) is 42.7 Å². The summed E-state index contributed by atoms with van der Waals surface area (Å²) in [4.78, 5) is 12.1. The SMILES string of the molecule is CCCNC(=O)[C@@H](C)Sc1nnc(-c2ccc(Cl)cc2)n1CCOC. The van der Waals surface area contributed by atoms with Gasteiger partial charge in [-0.15, -0.1) is 10.2 Å². The van der Waals surface area contributed by atoms with Crippen molar-refractivity contribution in [1.29, 1.82) is 0 Å². The number of rotatable bonds is 9. The smallest absolute Gasteiger partial charge is 0.233 e. The molecule has 2 aromatic rings. The van der Waals surface area contributed by atoms with E-state index >= 15 is 0 Å². The highest BCUT2D eigenvalue weighted by molar-refractivity contribution is 8.00. The van der Waals surface area contributed by atoms with Crippen LogP contribution in [0.5, 0.6) is 0 Å². The van der Waals surface area contributed by atoms with Crippen molar-refractivity contribution in [3.05, 3.63) is 29.3 Å². The second kappa shape index (κ2) is 9.79. The Balaban J connectivity index is 2.22. The van der Waals surface area contributed by atoms with Gasteiger partial charge in [-0.2, -0.15) is 0 Å². The van der Waals surface area contributed by atoms with Crippen molar-refractivity contribution >= 4 is 29.3 Å². The number of hydrogen-bond donors (Lipinski definition) is 1. The zero-order chi connectivity index (χ0) is 18.2. The van der Waals surface area contributed by atoms with Crippen LogP contribution in [-0.4, -0.2) is 46.2 Å². The molecule has 8 heteroatoms. The Labute approximate surface area is 157 Å². The summed E-state index contributed by atoms with van der Waals surface area (Å²) in [5.41, 5.74) is 0.919. The van der Waals surface area contributed by atoms with Crippen LogP contribution in [0.2, 0.25) is 5.02 Å². The third kappa shape index (κ3) is 5.45. The molecule has 0 fully saturated rings.